The van der Waals surface area contributed by atoms with Crippen molar-refractivity contribution in [2.45, 2.75) is 23.8 Å². The molecule has 0 saturated carbocycles. The molecule has 1 atom stereocenters. The van der Waals surface area contributed by atoms with Gasteiger partial charge in [0, 0.05) is 39.3 Å². The van der Waals surface area contributed by atoms with Crippen LogP contribution >= 0.6 is 0 Å². The SMILES string of the molecule is O=S(=O)(c1ccc(F)cc1)N1CCN(c2ccc(NCC3CCCO3)nn2)CC1. The minimum Gasteiger partial charge on any atom is -0.376 e. The first-order chi connectivity index (χ1) is 14.0. The summed E-state index contributed by atoms with van der Waals surface area (Å²) < 4.78 is 45.5. The van der Waals surface area contributed by atoms with E-state index in [1.54, 1.807) is 0 Å². The van der Waals surface area contributed by atoms with Crippen molar-refractivity contribution in [2.24, 2.45) is 0 Å². The third-order valence-electron chi connectivity index (χ3n) is 5.20. The van der Waals surface area contributed by atoms with Crippen LogP contribution in [0.5, 0.6) is 0 Å². The van der Waals surface area contributed by atoms with Crippen molar-refractivity contribution in [3.05, 3.63) is 42.2 Å². The first-order valence-corrected chi connectivity index (χ1v) is 11.2. The predicted molar refractivity (Wildman–Crippen MR) is 107 cm³/mol. The number of ether oxygens (including phenoxy) is 1. The average molecular weight is 421 g/mol. The van der Waals surface area contributed by atoms with Crippen LogP contribution in [-0.4, -0.2) is 68.4 Å². The second kappa shape index (κ2) is 8.60. The lowest BCUT2D eigenvalue weighted by Gasteiger charge is -2.34. The molecule has 0 spiro atoms. The van der Waals surface area contributed by atoms with Crippen molar-refractivity contribution in [1.29, 1.82) is 0 Å². The summed E-state index contributed by atoms with van der Waals surface area (Å²) in [5, 5.41) is 11.7. The van der Waals surface area contributed by atoms with Gasteiger partial charge in [-0.1, -0.05) is 0 Å². The largest absolute Gasteiger partial charge is 0.376 e. The molecule has 1 unspecified atom stereocenters. The lowest BCUT2D eigenvalue weighted by Crippen LogP contribution is -2.49. The summed E-state index contributed by atoms with van der Waals surface area (Å²) in [4.78, 5) is 2.11. The van der Waals surface area contributed by atoms with Gasteiger partial charge in [-0.2, -0.15) is 4.31 Å². The van der Waals surface area contributed by atoms with Gasteiger partial charge >= 0.3 is 0 Å². The molecule has 1 N–H and O–H groups in total. The lowest BCUT2D eigenvalue weighted by molar-refractivity contribution is 0.120. The van der Waals surface area contributed by atoms with Crippen LogP contribution in [0.2, 0.25) is 0 Å². The topological polar surface area (TPSA) is 87.7 Å². The van der Waals surface area contributed by atoms with Crippen LogP contribution in [0.1, 0.15) is 12.8 Å². The number of hydrogen-bond donors (Lipinski definition) is 1. The second-order valence-electron chi connectivity index (χ2n) is 7.14. The molecule has 1 aromatic heterocycles. The molecule has 2 aliphatic rings. The lowest BCUT2D eigenvalue weighted by atomic mass is 10.2. The van der Waals surface area contributed by atoms with Gasteiger partial charge in [0.25, 0.3) is 0 Å². The Balaban J connectivity index is 1.32. The van der Waals surface area contributed by atoms with Crippen LogP contribution in [-0.2, 0) is 14.8 Å². The molecule has 0 bridgehead atoms. The van der Waals surface area contributed by atoms with Crippen LogP contribution < -0.4 is 10.2 Å². The van der Waals surface area contributed by atoms with Crippen molar-refractivity contribution >= 4 is 21.7 Å². The number of nitrogens with zero attached hydrogens (tertiary/aromatic N) is 4. The van der Waals surface area contributed by atoms with Crippen molar-refractivity contribution in [1.82, 2.24) is 14.5 Å². The molecule has 8 nitrogen and oxygen atoms in total. The molecule has 29 heavy (non-hydrogen) atoms. The number of nitrogens with one attached hydrogen (secondary N) is 1. The van der Waals surface area contributed by atoms with Gasteiger partial charge in [-0.25, -0.2) is 12.8 Å². The fourth-order valence-electron chi connectivity index (χ4n) is 3.53. The van der Waals surface area contributed by atoms with E-state index in [-0.39, 0.29) is 11.0 Å². The zero-order valence-corrected chi connectivity index (χ0v) is 16.8. The molecule has 2 saturated heterocycles. The summed E-state index contributed by atoms with van der Waals surface area (Å²) in [5.41, 5.74) is 0. The predicted octanol–water partition coefficient (Wildman–Crippen LogP) is 1.72. The standard InChI is InChI=1S/C19H24FN5O3S/c20-15-3-5-17(6-4-15)29(26,27)25-11-9-24(10-12-25)19-8-7-18(22-23-19)21-14-16-2-1-13-28-16/h3-8,16H,1-2,9-14H2,(H,21,22). The first-order valence-electron chi connectivity index (χ1n) is 9.72. The minimum absolute atomic E-state index is 0.105. The Morgan fingerprint density at radius 3 is 2.45 bits per heavy atom. The normalized spacial score (nSPS) is 20.7. The van der Waals surface area contributed by atoms with Gasteiger partial charge in [-0.15, -0.1) is 10.2 Å². The molecule has 2 aliphatic heterocycles. The highest BCUT2D eigenvalue weighted by Gasteiger charge is 2.29. The van der Waals surface area contributed by atoms with Crippen molar-refractivity contribution in [3.63, 3.8) is 0 Å². The molecule has 2 fully saturated rings. The fraction of sp³-hybridized carbons (Fsp3) is 0.474. The Hall–Kier alpha value is -2.30. The van der Waals surface area contributed by atoms with Gasteiger partial charge in [0.1, 0.15) is 11.6 Å². The summed E-state index contributed by atoms with van der Waals surface area (Å²) in [6.45, 7) is 3.23. The molecule has 1 aromatic carbocycles. The zero-order valence-electron chi connectivity index (χ0n) is 16.0. The van der Waals surface area contributed by atoms with E-state index in [1.807, 2.05) is 17.0 Å². The van der Waals surface area contributed by atoms with Crippen LogP contribution in [0.3, 0.4) is 0 Å². The summed E-state index contributed by atoms with van der Waals surface area (Å²) in [6, 6.07) is 8.67. The third-order valence-corrected chi connectivity index (χ3v) is 7.11. The number of halogens is 1. The van der Waals surface area contributed by atoms with Crippen LogP contribution in [0.25, 0.3) is 0 Å². The highest BCUT2D eigenvalue weighted by atomic mass is 32.2. The molecule has 4 rings (SSSR count). The Labute approximate surface area is 169 Å². The monoisotopic (exact) mass is 421 g/mol. The summed E-state index contributed by atoms with van der Waals surface area (Å²) in [5.74, 6) is 0.953. The van der Waals surface area contributed by atoms with Gasteiger partial charge in [-0.05, 0) is 49.2 Å². The number of anilines is 2. The number of rotatable bonds is 6. The molecule has 2 aromatic rings. The van der Waals surface area contributed by atoms with E-state index in [1.165, 1.54) is 16.4 Å². The molecule has 0 aliphatic carbocycles. The van der Waals surface area contributed by atoms with Gasteiger partial charge in [-0.3, -0.25) is 0 Å². The minimum atomic E-state index is -3.62. The van der Waals surface area contributed by atoms with E-state index in [2.05, 4.69) is 15.5 Å². The van der Waals surface area contributed by atoms with Crippen LogP contribution in [0, 0.1) is 5.82 Å². The number of piperazine rings is 1. The number of hydrogen-bond acceptors (Lipinski definition) is 7. The Morgan fingerprint density at radius 2 is 1.83 bits per heavy atom. The molecular weight excluding hydrogens is 397 g/mol. The number of benzene rings is 1. The van der Waals surface area contributed by atoms with Gasteiger partial charge < -0.3 is 15.0 Å². The third kappa shape index (κ3) is 4.65. The summed E-state index contributed by atoms with van der Waals surface area (Å²) in [6.07, 6.45) is 2.39. The highest BCUT2D eigenvalue weighted by Crippen LogP contribution is 2.21. The van der Waals surface area contributed by atoms with Gasteiger partial charge in [0.15, 0.2) is 5.82 Å². The van der Waals surface area contributed by atoms with E-state index in [0.29, 0.717) is 44.4 Å². The van der Waals surface area contributed by atoms with E-state index in [9.17, 15) is 12.8 Å². The molecular formula is C19H24FN5O3S. The summed E-state index contributed by atoms with van der Waals surface area (Å²) in [7, 11) is -3.62. The van der Waals surface area contributed by atoms with Crippen molar-refractivity contribution in [3.8, 4) is 0 Å². The highest BCUT2D eigenvalue weighted by molar-refractivity contribution is 7.89. The molecule has 0 amide bonds. The smallest absolute Gasteiger partial charge is 0.243 e. The Bertz CT molecular complexity index is 910. The van der Waals surface area contributed by atoms with E-state index < -0.39 is 15.8 Å². The quantitative estimate of drug-likeness (QED) is 0.760. The maximum Gasteiger partial charge on any atom is 0.243 e. The second-order valence-corrected chi connectivity index (χ2v) is 9.08. The van der Waals surface area contributed by atoms with E-state index in [4.69, 9.17) is 4.74 Å². The molecule has 156 valence electrons. The van der Waals surface area contributed by atoms with Gasteiger partial charge in [0.2, 0.25) is 10.0 Å². The fourth-order valence-corrected chi connectivity index (χ4v) is 4.95. The molecule has 3 heterocycles. The van der Waals surface area contributed by atoms with Gasteiger partial charge in [0.05, 0.1) is 11.0 Å². The van der Waals surface area contributed by atoms with E-state index >= 15 is 0 Å². The Morgan fingerprint density at radius 1 is 1.07 bits per heavy atom. The molecule has 0 radical (unpaired) electrons. The average Bonchev–Trinajstić information content (AvgIpc) is 3.27. The number of aromatic nitrogens is 2. The van der Waals surface area contributed by atoms with Crippen LogP contribution in [0.15, 0.2) is 41.3 Å². The molecule has 10 heteroatoms. The number of sulfonamides is 1. The Kier molecular flexibility index (Phi) is 5.93. The summed E-state index contributed by atoms with van der Waals surface area (Å²) >= 11 is 0. The maximum absolute atomic E-state index is 13.1. The van der Waals surface area contributed by atoms with Crippen LogP contribution in [0.4, 0.5) is 16.0 Å². The maximum atomic E-state index is 13.1. The zero-order chi connectivity index (χ0) is 20.3. The van der Waals surface area contributed by atoms with E-state index in [0.717, 1.165) is 31.6 Å². The first kappa shape index (κ1) is 20.0. The van der Waals surface area contributed by atoms with Crippen molar-refractivity contribution in [2.75, 3.05) is 49.5 Å². The van der Waals surface area contributed by atoms with Crippen molar-refractivity contribution < 1.29 is 17.5 Å².